The van der Waals surface area contributed by atoms with E-state index in [9.17, 15) is 0 Å². The second-order valence-electron chi connectivity index (χ2n) is 5.72. The molecule has 0 aliphatic rings. The molecule has 0 fully saturated rings. The maximum Gasteiger partial charge on any atom is 0.104 e. The van der Waals surface area contributed by atoms with Crippen molar-refractivity contribution in [2.75, 3.05) is 18.0 Å². The first-order chi connectivity index (χ1) is 8.81. The quantitative estimate of drug-likeness (QED) is 0.802. The van der Waals surface area contributed by atoms with Crippen LogP contribution in [0, 0.1) is 11.8 Å². The van der Waals surface area contributed by atoms with E-state index >= 15 is 0 Å². The molecule has 0 unspecified atom stereocenters. The summed E-state index contributed by atoms with van der Waals surface area (Å²) in [6, 6.07) is 5.81. The lowest BCUT2D eigenvalue weighted by Crippen LogP contribution is -2.31. The molecule has 106 valence electrons. The lowest BCUT2D eigenvalue weighted by molar-refractivity contribution is 0.553. The van der Waals surface area contributed by atoms with E-state index in [1.807, 2.05) is 18.2 Å². The maximum atomic E-state index is 6.38. The van der Waals surface area contributed by atoms with Crippen LogP contribution in [0.15, 0.2) is 18.2 Å². The third kappa shape index (κ3) is 5.00. The second kappa shape index (κ2) is 7.11. The summed E-state index contributed by atoms with van der Waals surface area (Å²) in [7, 11) is 0. The molecule has 1 aromatic carbocycles. The van der Waals surface area contributed by atoms with Crippen molar-refractivity contribution in [3.8, 4) is 0 Å². The van der Waals surface area contributed by atoms with Crippen molar-refractivity contribution in [2.24, 2.45) is 17.6 Å². The Balaban J connectivity index is 3.04. The zero-order chi connectivity index (χ0) is 14.6. The minimum absolute atomic E-state index is 0.382. The Morgan fingerprint density at radius 2 is 1.74 bits per heavy atom. The summed E-state index contributed by atoms with van der Waals surface area (Å²) in [5.74, 6) is 1.18. The molecular weight excluding hydrogens is 276 g/mol. The van der Waals surface area contributed by atoms with Crippen molar-refractivity contribution in [1.29, 1.82) is 0 Å². The molecule has 0 aliphatic heterocycles. The van der Waals surface area contributed by atoms with E-state index in [1.165, 1.54) is 0 Å². The smallest absolute Gasteiger partial charge is 0.104 e. The van der Waals surface area contributed by atoms with Crippen LogP contribution < -0.4 is 10.6 Å². The minimum atomic E-state index is 0.382. The first-order valence-electron chi connectivity index (χ1n) is 6.65. The van der Waals surface area contributed by atoms with Crippen LogP contribution in [0.25, 0.3) is 0 Å². The van der Waals surface area contributed by atoms with E-state index in [1.54, 1.807) is 0 Å². The topological polar surface area (TPSA) is 29.3 Å². The molecule has 0 bridgehead atoms. The highest BCUT2D eigenvalue weighted by molar-refractivity contribution is 7.80. The number of halogens is 1. The van der Waals surface area contributed by atoms with Gasteiger partial charge in [0.1, 0.15) is 4.99 Å². The SMILES string of the molecule is CC(C)CN(CC(C)C)c1ccc(C(N)=S)cc1Cl. The number of nitrogens with zero attached hydrogens (tertiary/aromatic N) is 1. The molecule has 0 heterocycles. The summed E-state index contributed by atoms with van der Waals surface area (Å²) in [6.07, 6.45) is 0. The average molecular weight is 299 g/mol. The van der Waals surface area contributed by atoms with Crippen LogP contribution in [0.1, 0.15) is 33.3 Å². The summed E-state index contributed by atoms with van der Waals surface area (Å²) in [5.41, 5.74) is 7.51. The average Bonchev–Trinajstić information content (AvgIpc) is 2.26. The number of thiocarbonyl (C=S) groups is 1. The van der Waals surface area contributed by atoms with E-state index < -0.39 is 0 Å². The summed E-state index contributed by atoms with van der Waals surface area (Å²) in [4.78, 5) is 2.72. The van der Waals surface area contributed by atoms with Gasteiger partial charge in [0.05, 0.1) is 10.7 Å². The van der Waals surface area contributed by atoms with E-state index in [4.69, 9.17) is 29.6 Å². The van der Waals surface area contributed by atoms with E-state index in [-0.39, 0.29) is 0 Å². The molecule has 0 amide bonds. The first-order valence-corrected chi connectivity index (χ1v) is 7.44. The molecule has 19 heavy (non-hydrogen) atoms. The predicted molar refractivity (Wildman–Crippen MR) is 89.2 cm³/mol. The third-order valence-corrected chi connectivity index (χ3v) is 3.28. The third-order valence-electron chi connectivity index (χ3n) is 2.74. The summed E-state index contributed by atoms with van der Waals surface area (Å²) in [5, 5.41) is 0.714. The number of hydrogen-bond donors (Lipinski definition) is 1. The predicted octanol–water partition coefficient (Wildman–Crippen LogP) is 4.09. The van der Waals surface area contributed by atoms with Gasteiger partial charge in [-0.15, -0.1) is 0 Å². The highest BCUT2D eigenvalue weighted by Crippen LogP contribution is 2.28. The second-order valence-corrected chi connectivity index (χ2v) is 6.57. The molecule has 4 heteroatoms. The van der Waals surface area contributed by atoms with Crippen molar-refractivity contribution in [1.82, 2.24) is 0 Å². The molecule has 1 rings (SSSR count). The van der Waals surface area contributed by atoms with Crippen molar-refractivity contribution in [3.05, 3.63) is 28.8 Å². The summed E-state index contributed by atoms with van der Waals surface area (Å²) >= 11 is 11.4. The Hall–Kier alpha value is -0.800. The normalized spacial score (nSPS) is 11.1. The minimum Gasteiger partial charge on any atom is -0.389 e. The number of anilines is 1. The molecule has 0 saturated carbocycles. The van der Waals surface area contributed by atoms with Gasteiger partial charge < -0.3 is 10.6 Å². The van der Waals surface area contributed by atoms with Crippen LogP contribution in [0.4, 0.5) is 5.69 Å². The maximum absolute atomic E-state index is 6.38. The summed E-state index contributed by atoms with van der Waals surface area (Å²) < 4.78 is 0. The molecule has 0 saturated heterocycles. The molecular formula is C15H23ClN2S. The van der Waals surface area contributed by atoms with Crippen LogP contribution >= 0.6 is 23.8 Å². The van der Waals surface area contributed by atoms with Crippen LogP contribution in [0.2, 0.25) is 5.02 Å². The first kappa shape index (κ1) is 16.3. The Labute approximate surface area is 126 Å². The van der Waals surface area contributed by atoms with Gasteiger partial charge in [0.15, 0.2) is 0 Å². The Kier molecular flexibility index (Phi) is 6.08. The van der Waals surface area contributed by atoms with Crippen LogP contribution in [0.3, 0.4) is 0 Å². The molecule has 2 N–H and O–H groups in total. The zero-order valence-electron chi connectivity index (χ0n) is 12.1. The van der Waals surface area contributed by atoms with Gasteiger partial charge in [0, 0.05) is 18.7 Å². The van der Waals surface area contributed by atoms with Crippen molar-refractivity contribution in [2.45, 2.75) is 27.7 Å². The molecule has 0 aromatic heterocycles. The van der Waals surface area contributed by atoms with Gasteiger partial charge in [-0.05, 0) is 30.0 Å². The van der Waals surface area contributed by atoms with Gasteiger partial charge in [-0.2, -0.15) is 0 Å². The van der Waals surface area contributed by atoms with Crippen LogP contribution in [-0.2, 0) is 0 Å². The molecule has 2 nitrogen and oxygen atoms in total. The molecule has 1 aromatic rings. The highest BCUT2D eigenvalue weighted by atomic mass is 35.5. The zero-order valence-corrected chi connectivity index (χ0v) is 13.7. The lowest BCUT2D eigenvalue weighted by atomic mass is 10.1. The highest BCUT2D eigenvalue weighted by Gasteiger charge is 2.14. The van der Waals surface area contributed by atoms with Crippen molar-refractivity contribution >= 4 is 34.5 Å². The fraction of sp³-hybridized carbons (Fsp3) is 0.533. The van der Waals surface area contributed by atoms with Crippen LogP contribution in [0.5, 0.6) is 0 Å². The van der Waals surface area contributed by atoms with E-state index in [0.717, 1.165) is 24.3 Å². The van der Waals surface area contributed by atoms with Gasteiger partial charge in [-0.25, -0.2) is 0 Å². The van der Waals surface area contributed by atoms with Gasteiger partial charge in [-0.3, -0.25) is 0 Å². The van der Waals surface area contributed by atoms with Crippen molar-refractivity contribution in [3.63, 3.8) is 0 Å². The number of hydrogen-bond acceptors (Lipinski definition) is 2. The lowest BCUT2D eigenvalue weighted by Gasteiger charge is -2.29. The Morgan fingerprint density at radius 3 is 2.11 bits per heavy atom. The fourth-order valence-electron chi connectivity index (χ4n) is 2.07. The van der Waals surface area contributed by atoms with Gasteiger partial charge >= 0.3 is 0 Å². The van der Waals surface area contributed by atoms with Crippen LogP contribution in [-0.4, -0.2) is 18.1 Å². The summed E-state index contributed by atoms with van der Waals surface area (Å²) in [6.45, 7) is 10.8. The Bertz CT molecular complexity index is 434. The number of nitrogens with two attached hydrogens (primary N) is 1. The number of benzene rings is 1. The van der Waals surface area contributed by atoms with Gasteiger partial charge in [0.25, 0.3) is 0 Å². The molecule has 0 radical (unpaired) electrons. The van der Waals surface area contributed by atoms with Crippen molar-refractivity contribution < 1.29 is 0 Å². The fourth-order valence-corrected chi connectivity index (χ4v) is 2.50. The van der Waals surface area contributed by atoms with E-state index in [0.29, 0.717) is 21.8 Å². The molecule has 0 aliphatic carbocycles. The van der Waals surface area contributed by atoms with Gasteiger partial charge in [0.2, 0.25) is 0 Å². The number of rotatable bonds is 6. The monoisotopic (exact) mass is 298 g/mol. The Morgan fingerprint density at radius 1 is 1.21 bits per heavy atom. The van der Waals surface area contributed by atoms with E-state index in [2.05, 4.69) is 32.6 Å². The largest absolute Gasteiger partial charge is 0.389 e. The standard InChI is InChI=1S/C15H23ClN2S/c1-10(2)8-18(9-11(3)4)14-6-5-12(15(17)19)7-13(14)16/h5-7,10-11H,8-9H2,1-4H3,(H2,17,19). The van der Waals surface area contributed by atoms with Gasteiger partial charge in [-0.1, -0.05) is 51.5 Å². The molecule has 0 spiro atoms. The molecule has 0 atom stereocenters.